The Morgan fingerprint density at radius 2 is 1.84 bits per heavy atom. The molecule has 0 bridgehead atoms. The van der Waals surface area contributed by atoms with Gasteiger partial charge in [-0.1, -0.05) is 12.1 Å². The fourth-order valence-corrected chi connectivity index (χ4v) is 4.15. The molecule has 0 radical (unpaired) electrons. The first-order chi connectivity index (χ1) is 15.2. The molecule has 0 aliphatic carbocycles. The summed E-state index contributed by atoms with van der Waals surface area (Å²) in [6.07, 6.45) is 3.54. The molecular formula is C22H30FN7O. The largest absolute Gasteiger partial charge is 0.379 e. The fourth-order valence-electron chi connectivity index (χ4n) is 4.15. The number of halogens is 1. The summed E-state index contributed by atoms with van der Waals surface area (Å²) in [4.78, 5) is 20.0. The lowest BCUT2D eigenvalue weighted by molar-refractivity contribution is 0.0168. The van der Waals surface area contributed by atoms with Gasteiger partial charge in [0.2, 0.25) is 5.95 Å². The topological polar surface area (TPSA) is 69.1 Å². The first-order valence-electron chi connectivity index (χ1n) is 10.8. The lowest BCUT2D eigenvalue weighted by atomic mass is 10.0. The third kappa shape index (κ3) is 5.48. The summed E-state index contributed by atoms with van der Waals surface area (Å²) in [5.41, 5.74) is 0.968. The zero-order chi connectivity index (χ0) is 21.5. The first-order valence-corrected chi connectivity index (χ1v) is 10.8. The maximum Gasteiger partial charge on any atom is 0.225 e. The average molecular weight is 428 g/mol. The van der Waals surface area contributed by atoms with Crippen molar-refractivity contribution in [2.75, 3.05) is 71.0 Å². The van der Waals surface area contributed by atoms with E-state index in [0.717, 1.165) is 56.7 Å². The highest BCUT2D eigenvalue weighted by atomic mass is 19.1. The van der Waals surface area contributed by atoms with E-state index in [4.69, 9.17) is 4.74 Å². The van der Waals surface area contributed by atoms with Gasteiger partial charge in [-0.2, -0.15) is 0 Å². The molecule has 2 aliphatic heterocycles. The summed E-state index contributed by atoms with van der Waals surface area (Å²) >= 11 is 0. The summed E-state index contributed by atoms with van der Waals surface area (Å²) in [6.45, 7) is 7.05. The van der Waals surface area contributed by atoms with Crippen molar-refractivity contribution in [1.82, 2.24) is 25.1 Å². The SMILES string of the molecule is CN=C(NCC(c1cccc(F)c1)N1CCOCC1)N1CCN(c2ncccn2)CC1. The van der Waals surface area contributed by atoms with E-state index in [9.17, 15) is 4.39 Å². The van der Waals surface area contributed by atoms with E-state index in [1.807, 2.05) is 12.1 Å². The molecule has 9 heteroatoms. The van der Waals surface area contributed by atoms with Crippen molar-refractivity contribution in [3.8, 4) is 0 Å². The van der Waals surface area contributed by atoms with E-state index in [1.54, 1.807) is 31.6 Å². The van der Waals surface area contributed by atoms with Crippen molar-refractivity contribution in [3.63, 3.8) is 0 Å². The molecule has 8 nitrogen and oxygen atoms in total. The molecule has 166 valence electrons. The standard InChI is InChI=1S/C22H30FN7O/c1-24-21(29-8-10-30(11-9-29)22-25-6-3-7-26-22)27-17-20(28-12-14-31-15-13-28)18-4-2-5-19(23)16-18/h2-7,16,20H,8-15,17H2,1H3,(H,24,27). The number of nitrogens with one attached hydrogen (secondary N) is 1. The van der Waals surface area contributed by atoms with Crippen molar-refractivity contribution < 1.29 is 9.13 Å². The monoisotopic (exact) mass is 427 g/mol. The molecule has 1 aromatic heterocycles. The van der Waals surface area contributed by atoms with Crippen LogP contribution in [-0.4, -0.2) is 91.8 Å². The van der Waals surface area contributed by atoms with E-state index in [0.29, 0.717) is 19.8 Å². The molecule has 0 spiro atoms. The van der Waals surface area contributed by atoms with Gasteiger partial charge in [-0.15, -0.1) is 0 Å². The summed E-state index contributed by atoms with van der Waals surface area (Å²) in [5, 5.41) is 3.53. The second-order valence-corrected chi connectivity index (χ2v) is 7.67. The van der Waals surface area contributed by atoms with E-state index in [-0.39, 0.29) is 11.9 Å². The van der Waals surface area contributed by atoms with Gasteiger partial charge in [-0.3, -0.25) is 9.89 Å². The van der Waals surface area contributed by atoms with Crippen LogP contribution < -0.4 is 10.2 Å². The van der Waals surface area contributed by atoms with Gasteiger partial charge < -0.3 is 19.9 Å². The number of hydrogen-bond acceptors (Lipinski definition) is 6. The Bertz CT molecular complexity index is 852. The molecule has 2 saturated heterocycles. The van der Waals surface area contributed by atoms with Gasteiger partial charge in [0.25, 0.3) is 0 Å². The normalized spacial score (nSPS) is 19.4. The van der Waals surface area contributed by atoms with E-state index in [2.05, 4.69) is 35.0 Å². The molecule has 1 N–H and O–H groups in total. The van der Waals surface area contributed by atoms with Crippen LogP contribution in [0.4, 0.5) is 10.3 Å². The third-order valence-corrected chi connectivity index (χ3v) is 5.80. The smallest absolute Gasteiger partial charge is 0.225 e. The Balaban J connectivity index is 1.39. The van der Waals surface area contributed by atoms with Gasteiger partial charge in [0, 0.05) is 65.3 Å². The Hall–Kier alpha value is -2.78. The number of aliphatic imine (C=N–C) groups is 1. The predicted molar refractivity (Wildman–Crippen MR) is 119 cm³/mol. The van der Waals surface area contributed by atoms with Crippen molar-refractivity contribution >= 4 is 11.9 Å². The van der Waals surface area contributed by atoms with Crippen LogP contribution in [0.25, 0.3) is 0 Å². The van der Waals surface area contributed by atoms with Gasteiger partial charge in [0.05, 0.1) is 19.3 Å². The summed E-state index contributed by atoms with van der Waals surface area (Å²) in [6, 6.07) is 8.76. The number of piperazine rings is 1. The number of ether oxygens (including phenoxy) is 1. The van der Waals surface area contributed by atoms with Crippen LogP contribution in [0.3, 0.4) is 0 Å². The maximum absolute atomic E-state index is 13.9. The lowest BCUT2D eigenvalue weighted by Crippen LogP contribution is -2.54. The molecule has 1 unspecified atom stereocenters. The minimum atomic E-state index is -0.209. The molecule has 0 saturated carbocycles. The van der Waals surface area contributed by atoms with E-state index < -0.39 is 0 Å². The molecule has 2 aliphatic rings. The molecule has 4 rings (SSSR count). The van der Waals surface area contributed by atoms with Crippen LogP contribution in [-0.2, 0) is 4.74 Å². The summed E-state index contributed by atoms with van der Waals surface area (Å²) < 4.78 is 19.4. The average Bonchev–Trinajstić information content (AvgIpc) is 2.83. The molecule has 1 aromatic carbocycles. The van der Waals surface area contributed by atoms with Crippen molar-refractivity contribution in [2.45, 2.75) is 6.04 Å². The van der Waals surface area contributed by atoms with Crippen LogP contribution in [0.15, 0.2) is 47.7 Å². The zero-order valence-corrected chi connectivity index (χ0v) is 18.0. The highest BCUT2D eigenvalue weighted by molar-refractivity contribution is 5.80. The van der Waals surface area contributed by atoms with Gasteiger partial charge in [0.15, 0.2) is 5.96 Å². The number of anilines is 1. The minimum absolute atomic E-state index is 0.0513. The second kappa shape index (κ2) is 10.5. The number of aromatic nitrogens is 2. The number of guanidine groups is 1. The van der Waals surface area contributed by atoms with Crippen LogP contribution in [0.5, 0.6) is 0 Å². The number of benzene rings is 1. The van der Waals surface area contributed by atoms with Crippen LogP contribution in [0.2, 0.25) is 0 Å². The molecule has 0 amide bonds. The number of hydrogen-bond donors (Lipinski definition) is 1. The van der Waals surface area contributed by atoms with Crippen molar-refractivity contribution in [1.29, 1.82) is 0 Å². The van der Waals surface area contributed by atoms with Crippen molar-refractivity contribution in [2.24, 2.45) is 4.99 Å². The molecular weight excluding hydrogens is 397 g/mol. The number of rotatable bonds is 5. The Kier molecular flexibility index (Phi) is 7.26. The molecule has 1 atom stereocenters. The highest BCUT2D eigenvalue weighted by Crippen LogP contribution is 2.22. The van der Waals surface area contributed by atoms with Crippen LogP contribution >= 0.6 is 0 Å². The predicted octanol–water partition coefficient (Wildman–Crippen LogP) is 1.39. The third-order valence-electron chi connectivity index (χ3n) is 5.80. The van der Waals surface area contributed by atoms with Gasteiger partial charge in [-0.05, 0) is 23.8 Å². The maximum atomic E-state index is 13.9. The minimum Gasteiger partial charge on any atom is -0.379 e. The van der Waals surface area contributed by atoms with Crippen molar-refractivity contribution in [3.05, 3.63) is 54.1 Å². The number of morpholine rings is 1. The summed E-state index contributed by atoms with van der Waals surface area (Å²) in [5.74, 6) is 1.42. The summed E-state index contributed by atoms with van der Waals surface area (Å²) in [7, 11) is 1.81. The molecule has 3 heterocycles. The Morgan fingerprint density at radius 3 is 2.52 bits per heavy atom. The zero-order valence-electron chi connectivity index (χ0n) is 18.0. The van der Waals surface area contributed by atoms with Crippen LogP contribution in [0.1, 0.15) is 11.6 Å². The van der Waals surface area contributed by atoms with Gasteiger partial charge in [0.1, 0.15) is 5.82 Å². The Labute approximate surface area is 182 Å². The van der Waals surface area contributed by atoms with E-state index in [1.165, 1.54) is 6.07 Å². The van der Waals surface area contributed by atoms with Crippen LogP contribution in [0, 0.1) is 5.82 Å². The quantitative estimate of drug-likeness (QED) is 0.571. The Morgan fingerprint density at radius 1 is 1.10 bits per heavy atom. The number of nitrogens with zero attached hydrogens (tertiary/aromatic N) is 6. The first kappa shape index (κ1) is 21.5. The highest BCUT2D eigenvalue weighted by Gasteiger charge is 2.25. The van der Waals surface area contributed by atoms with E-state index >= 15 is 0 Å². The fraction of sp³-hybridized carbons (Fsp3) is 0.500. The van der Waals surface area contributed by atoms with Gasteiger partial charge >= 0.3 is 0 Å². The lowest BCUT2D eigenvalue weighted by Gasteiger charge is -2.38. The van der Waals surface area contributed by atoms with Gasteiger partial charge in [-0.25, -0.2) is 14.4 Å². The second-order valence-electron chi connectivity index (χ2n) is 7.67. The molecule has 2 aromatic rings. The molecule has 31 heavy (non-hydrogen) atoms. The molecule has 2 fully saturated rings.